The first-order valence-corrected chi connectivity index (χ1v) is 8.78. The molecule has 2 aliphatic rings. The highest BCUT2D eigenvalue weighted by atomic mass is 19.3. The predicted octanol–water partition coefficient (Wildman–Crippen LogP) is 4.03. The number of alkyl halides is 2. The smallest absolute Gasteiger partial charge is 0.263 e. The van der Waals surface area contributed by atoms with E-state index in [1.165, 1.54) is 6.92 Å². The van der Waals surface area contributed by atoms with E-state index in [-0.39, 0.29) is 6.04 Å². The van der Waals surface area contributed by atoms with Gasteiger partial charge in [-0.3, -0.25) is 4.79 Å². The molecule has 6 heteroatoms. The average molecular weight is 345 g/mol. The van der Waals surface area contributed by atoms with Crippen LogP contribution in [0.25, 0.3) is 11.3 Å². The van der Waals surface area contributed by atoms with Crippen LogP contribution in [0.15, 0.2) is 36.5 Å². The Kier molecular flexibility index (Phi) is 3.85. The number of aromatic amines is 1. The lowest BCUT2D eigenvalue weighted by molar-refractivity contribution is -0.139. The van der Waals surface area contributed by atoms with Crippen molar-refractivity contribution < 1.29 is 13.6 Å². The Labute approximate surface area is 145 Å². The summed E-state index contributed by atoms with van der Waals surface area (Å²) in [5.41, 5.74) is 1.89. The van der Waals surface area contributed by atoms with E-state index >= 15 is 0 Å². The van der Waals surface area contributed by atoms with Crippen molar-refractivity contribution in [1.82, 2.24) is 14.9 Å². The zero-order valence-corrected chi connectivity index (χ0v) is 14.1. The first-order chi connectivity index (χ1) is 12.0. The number of hydrogen-bond acceptors (Lipinski definition) is 2. The van der Waals surface area contributed by atoms with E-state index in [2.05, 4.69) is 9.97 Å². The molecular formula is C19H21F2N3O. The van der Waals surface area contributed by atoms with Crippen molar-refractivity contribution in [2.24, 2.45) is 11.8 Å². The largest absolute Gasteiger partial charge is 0.340 e. The fourth-order valence-corrected chi connectivity index (χ4v) is 3.79. The van der Waals surface area contributed by atoms with Crippen molar-refractivity contribution in [3.63, 3.8) is 0 Å². The quantitative estimate of drug-likeness (QED) is 0.913. The van der Waals surface area contributed by atoms with E-state index in [1.807, 2.05) is 30.3 Å². The molecule has 2 fully saturated rings. The maximum Gasteiger partial charge on any atom is 0.263 e. The van der Waals surface area contributed by atoms with Gasteiger partial charge in [-0.05, 0) is 24.8 Å². The molecule has 132 valence electrons. The molecule has 0 spiro atoms. The van der Waals surface area contributed by atoms with Gasteiger partial charge in [-0.15, -0.1) is 0 Å². The maximum absolute atomic E-state index is 13.7. The van der Waals surface area contributed by atoms with Gasteiger partial charge in [-0.1, -0.05) is 37.3 Å². The summed E-state index contributed by atoms with van der Waals surface area (Å²) < 4.78 is 27.4. The van der Waals surface area contributed by atoms with Gasteiger partial charge in [0.15, 0.2) is 0 Å². The Hall–Kier alpha value is -2.24. The van der Waals surface area contributed by atoms with Crippen molar-refractivity contribution in [1.29, 1.82) is 0 Å². The van der Waals surface area contributed by atoms with Crippen LogP contribution in [-0.2, 0) is 4.79 Å². The molecular weight excluding hydrogens is 324 g/mol. The number of hydrogen-bond donors (Lipinski definition) is 1. The highest BCUT2D eigenvalue weighted by Gasteiger charge is 2.70. The molecule has 1 amide bonds. The third-order valence-corrected chi connectivity index (χ3v) is 5.46. The van der Waals surface area contributed by atoms with Crippen molar-refractivity contribution in [2.75, 3.05) is 6.54 Å². The lowest BCUT2D eigenvalue weighted by atomic mass is 10.0. The molecule has 4 rings (SSSR count). The Morgan fingerprint density at radius 2 is 2.00 bits per heavy atom. The Morgan fingerprint density at radius 1 is 1.28 bits per heavy atom. The Balaban J connectivity index is 1.58. The summed E-state index contributed by atoms with van der Waals surface area (Å²) in [4.78, 5) is 22.0. The number of aromatic nitrogens is 2. The fourth-order valence-electron chi connectivity index (χ4n) is 3.79. The minimum absolute atomic E-state index is 0.248. The van der Waals surface area contributed by atoms with Gasteiger partial charge in [0.2, 0.25) is 5.91 Å². The van der Waals surface area contributed by atoms with Gasteiger partial charge in [-0.2, -0.15) is 0 Å². The van der Waals surface area contributed by atoms with Crippen molar-refractivity contribution in [3.8, 4) is 11.3 Å². The highest BCUT2D eigenvalue weighted by Crippen LogP contribution is 2.56. The fraction of sp³-hybridized carbons (Fsp3) is 0.474. The molecule has 1 N–H and O–H groups in total. The zero-order chi connectivity index (χ0) is 17.6. The highest BCUT2D eigenvalue weighted by molar-refractivity contribution is 5.84. The van der Waals surface area contributed by atoms with Crippen molar-refractivity contribution in [3.05, 3.63) is 42.4 Å². The number of H-pyrrole nitrogens is 1. The SMILES string of the molecule is C[C@@H]1[C@@H](C(=O)N2CCCC[C@@H]2c2ncc(-c3ccccc3)[nH]2)C1(F)F. The van der Waals surface area contributed by atoms with Gasteiger partial charge >= 0.3 is 0 Å². The molecule has 2 heterocycles. The number of likely N-dealkylation sites (tertiary alicyclic amines) is 1. The zero-order valence-electron chi connectivity index (χ0n) is 14.1. The second-order valence-corrected chi connectivity index (χ2v) is 7.03. The number of benzene rings is 1. The molecule has 0 bridgehead atoms. The number of carbonyl (C=O) groups excluding carboxylic acids is 1. The minimum Gasteiger partial charge on any atom is -0.340 e. The van der Waals surface area contributed by atoms with Gasteiger partial charge in [-0.25, -0.2) is 13.8 Å². The third kappa shape index (κ3) is 2.73. The summed E-state index contributed by atoms with van der Waals surface area (Å²) in [6.07, 6.45) is 4.31. The molecule has 1 aliphatic carbocycles. The van der Waals surface area contributed by atoms with Crippen molar-refractivity contribution in [2.45, 2.75) is 38.2 Å². The average Bonchev–Trinajstić information content (AvgIpc) is 2.99. The number of piperidine rings is 1. The first-order valence-electron chi connectivity index (χ1n) is 8.78. The normalized spacial score (nSPS) is 28.0. The van der Waals surface area contributed by atoms with Crippen LogP contribution in [-0.4, -0.2) is 33.2 Å². The van der Waals surface area contributed by atoms with E-state index in [0.29, 0.717) is 12.4 Å². The molecule has 3 atom stereocenters. The minimum atomic E-state index is -2.86. The molecule has 1 saturated carbocycles. The summed E-state index contributed by atoms with van der Waals surface area (Å²) in [7, 11) is 0. The van der Waals surface area contributed by atoms with Crippen LogP contribution in [0.2, 0.25) is 0 Å². The molecule has 4 nitrogen and oxygen atoms in total. The van der Waals surface area contributed by atoms with Crippen LogP contribution in [0.1, 0.15) is 38.1 Å². The number of imidazole rings is 1. The second-order valence-electron chi connectivity index (χ2n) is 7.03. The lowest BCUT2D eigenvalue weighted by Gasteiger charge is -2.34. The summed E-state index contributed by atoms with van der Waals surface area (Å²) >= 11 is 0. The van der Waals surface area contributed by atoms with Gasteiger partial charge < -0.3 is 9.88 Å². The molecule has 1 aromatic carbocycles. The van der Waals surface area contributed by atoms with Crippen LogP contribution in [0.5, 0.6) is 0 Å². The van der Waals surface area contributed by atoms with Crippen LogP contribution in [0.4, 0.5) is 8.78 Å². The second kappa shape index (κ2) is 5.93. The number of nitrogens with one attached hydrogen (secondary N) is 1. The number of halogens is 2. The van der Waals surface area contributed by atoms with Crippen LogP contribution in [0, 0.1) is 11.8 Å². The summed E-state index contributed by atoms with van der Waals surface area (Å²) in [6.45, 7) is 1.96. The summed E-state index contributed by atoms with van der Waals surface area (Å²) in [6, 6.07) is 9.55. The Morgan fingerprint density at radius 3 is 2.68 bits per heavy atom. The molecule has 1 saturated heterocycles. The molecule has 25 heavy (non-hydrogen) atoms. The van der Waals surface area contributed by atoms with Crippen LogP contribution >= 0.6 is 0 Å². The lowest BCUT2D eigenvalue weighted by Crippen LogP contribution is -2.40. The van der Waals surface area contributed by atoms with Gasteiger partial charge in [0.05, 0.1) is 17.9 Å². The number of amides is 1. The number of rotatable bonds is 3. The number of carbonyl (C=O) groups is 1. The summed E-state index contributed by atoms with van der Waals surface area (Å²) in [5, 5.41) is 0. The van der Waals surface area contributed by atoms with Crippen molar-refractivity contribution >= 4 is 5.91 Å². The number of nitrogens with zero attached hydrogens (tertiary/aromatic N) is 2. The monoisotopic (exact) mass is 345 g/mol. The van der Waals surface area contributed by atoms with Crippen LogP contribution < -0.4 is 0 Å². The van der Waals surface area contributed by atoms with E-state index in [9.17, 15) is 13.6 Å². The van der Waals surface area contributed by atoms with Gasteiger partial charge in [0, 0.05) is 12.5 Å². The molecule has 1 aliphatic heterocycles. The van der Waals surface area contributed by atoms with E-state index in [1.54, 1.807) is 11.1 Å². The Bertz CT molecular complexity index is 774. The summed E-state index contributed by atoms with van der Waals surface area (Å²) in [5.74, 6) is -4.64. The first kappa shape index (κ1) is 16.2. The van der Waals surface area contributed by atoms with E-state index in [4.69, 9.17) is 0 Å². The van der Waals surface area contributed by atoms with Crippen LogP contribution in [0.3, 0.4) is 0 Å². The standard InChI is InChI=1S/C19H21F2N3O/c1-12-16(19(12,20)21)18(25)24-10-6-5-9-15(24)17-22-11-14(23-17)13-7-3-2-4-8-13/h2-4,7-8,11-12,15-16H,5-6,9-10H2,1H3,(H,22,23)/t12-,15-,16+/m1/s1. The molecule has 0 radical (unpaired) electrons. The molecule has 1 aromatic heterocycles. The molecule has 0 unspecified atom stereocenters. The maximum atomic E-state index is 13.7. The third-order valence-electron chi connectivity index (χ3n) is 5.46. The van der Waals surface area contributed by atoms with Gasteiger partial charge in [0.1, 0.15) is 11.7 Å². The van der Waals surface area contributed by atoms with E-state index < -0.39 is 23.7 Å². The van der Waals surface area contributed by atoms with E-state index in [0.717, 1.165) is 30.5 Å². The van der Waals surface area contributed by atoms with Gasteiger partial charge in [0.25, 0.3) is 5.92 Å². The molecule has 2 aromatic rings. The predicted molar refractivity (Wildman–Crippen MR) is 89.9 cm³/mol. The topological polar surface area (TPSA) is 49.0 Å².